The number of benzene rings is 3. The number of hydrogen-bond donors (Lipinski definition) is 2. The van der Waals surface area contributed by atoms with Crippen molar-refractivity contribution >= 4 is 23.7 Å². The van der Waals surface area contributed by atoms with Crippen LogP contribution in [0.2, 0.25) is 0 Å². The van der Waals surface area contributed by atoms with Crippen molar-refractivity contribution < 1.29 is 18.7 Å². The molecular weight excluding hydrogens is 385 g/mol. The fourth-order valence-corrected chi connectivity index (χ4v) is 2.57. The van der Waals surface area contributed by atoms with Crippen LogP contribution >= 0.6 is 0 Å². The fraction of sp³-hybridized carbons (Fsp3) is 0.0870. The maximum absolute atomic E-state index is 12.9. The minimum absolute atomic E-state index is 0.212. The molecule has 3 aromatic carbocycles. The summed E-state index contributed by atoms with van der Waals surface area (Å²) in [6.45, 7) is 1.73. The van der Waals surface area contributed by atoms with Crippen molar-refractivity contribution in [3.63, 3.8) is 0 Å². The first-order chi connectivity index (χ1) is 14.5. The lowest BCUT2D eigenvalue weighted by molar-refractivity contribution is -0.114. The number of rotatable bonds is 7. The van der Waals surface area contributed by atoms with Gasteiger partial charge in [-0.25, -0.2) is 9.82 Å². The van der Waals surface area contributed by atoms with Crippen LogP contribution in [0.1, 0.15) is 28.4 Å². The van der Waals surface area contributed by atoms with E-state index in [4.69, 9.17) is 4.74 Å². The molecule has 0 fully saturated rings. The second-order valence-electron chi connectivity index (χ2n) is 6.45. The average molecular weight is 405 g/mol. The Kier molecular flexibility index (Phi) is 6.89. The largest absolute Gasteiger partial charge is 0.489 e. The standard InChI is InChI=1S/C23H20FN3O3/c1-16(28)26-21-4-2-3-19(13-21)23(29)27-25-14-17-7-11-22(12-8-17)30-15-18-5-9-20(24)10-6-18/h2-14H,15H2,1H3,(H,26,28)(H,27,29)/b25-14-. The van der Waals surface area contributed by atoms with E-state index in [9.17, 15) is 14.0 Å². The van der Waals surface area contributed by atoms with Crippen molar-refractivity contribution in [1.82, 2.24) is 5.43 Å². The van der Waals surface area contributed by atoms with Gasteiger partial charge in [0, 0.05) is 18.2 Å². The molecule has 0 atom stereocenters. The van der Waals surface area contributed by atoms with Crippen molar-refractivity contribution in [2.24, 2.45) is 5.10 Å². The highest BCUT2D eigenvalue weighted by molar-refractivity contribution is 5.97. The number of ether oxygens (including phenoxy) is 1. The molecule has 0 aliphatic carbocycles. The van der Waals surface area contributed by atoms with Gasteiger partial charge in [-0.2, -0.15) is 5.10 Å². The van der Waals surface area contributed by atoms with Gasteiger partial charge in [-0.15, -0.1) is 0 Å². The van der Waals surface area contributed by atoms with Gasteiger partial charge in [0.05, 0.1) is 6.21 Å². The molecule has 0 radical (unpaired) electrons. The van der Waals surface area contributed by atoms with Gasteiger partial charge in [-0.05, 0) is 65.7 Å². The highest BCUT2D eigenvalue weighted by Crippen LogP contribution is 2.14. The molecule has 152 valence electrons. The molecule has 3 rings (SSSR count). The molecular formula is C23H20FN3O3. The topological polar surface area (TPSA) is 79.8 Å². The number of carbonyl (C=O) groups is 2. The SMILES string of the molecule is CC(=O)Nc1cccc(C(=O)N/N=C\c2ccc(OCc3ccc(F)cc3)cc2)c1. The molecule has 0 spiro atoms. The second-order valence-corrected chi connectivity index (χ2v) is 6.45. The number of carbonyl (C=O) groups excluding carboxylic acids is 2. The minimum atomic E-state index is -0.391. The van der Waals surface area contributed by atoms with Crippen LogP contribution in [0, 0.1) is 5.82 Å². The van der Waals surface area contributed by atoms with Crippen molar-refractivity contribution in [3.05, 3.63) is 95.3 Å². The molecule has 2 amide bonds. The van der Waals surface area contributed by atoms with E-state index < -0.39 is 5.91 Å². The van der Waals surface area contributed by atoms with Crippen LogP contribution in [0.4, 0.5) is 10.1 Å². The van der Waals surface area contributed by atoms with Gasteiger partial charge in [0.2, 0.25) is 5.91 Å². The van der Waals surface area contributed by atoms with E-state index in [0.29, 0.717) is 23.6 Å². The van der Waals surface area contributed by atoms with E-state index in [1.165, 1.54) is 25.3 Å². The maximum atomic E-state index is 12.9. The quantitative estimate of drug-likeness (QED) is 0.458. The first kappa shape index (κ1) is 20.7. The fourth-order valence-electron chi connectivity index (χ4n) is 2.57. The molecule has 2 N–H and O–H groups in total. The third-order valence-electron chi connectivity index (χ3n) is 4.02. The summed E-state index contributed by atoms with van der Waals surface area (Å²) >= 11 is 0. The number of nitrogens with zero attached hydrogens (tertiary/aromatic N) is 1. The van der Waals surface area contributed by atoms with E-state index in [-0.39, 0.29) is 11.7 Å². The molecule has 30 heavy (non-hydrogen) atoms. The minimum Gasteiger partial charge on any atom is -0.489 e. The van der Waals surface area contributed by atoms with Gasteiger partial charge >= 0.3 is 0 Å². The molecule has 0 bridgehead atoms. The summed E-state index contributed by atoms with van der Waals surface area (Å²) in [6.07, 6.45) is 1.51. The smallest absolute Gasteiger partial charge is 0.271 e. The van der Waals surface area contributed by atoms with Gasteiger partial charge in [0.15, 0.2) is 0 Å². The van der Waals surface area contributed by atoms with Crippen molar-refractivity contribution in [1.29, 1.82) is 0 Å². The van der Waals surface area contributed by atoms with Crippen molar-refractivity contribution in [2.45, 2.75) is 13.5 Å². The third kappa shape index (κ3) is 6.27. The Morgan fingerprint density at radius 1 is 1.03 bits per heavy atom. The molecule has 0 saturated heterocycles. The molecule has 0 unspecified atom stereocenters. The van der Waals surface area contributed by atoms with E-state index in [1.807, 2.05) is 0 Å². The van der Waals surface area contributed by atoms with Crippen LogP contribution in [0.5, 0.6) is 5.75 Å². The summed E-state index contributed by atoms with van der Waals surface area (Å²) in [7, 11) is 0. The Balaban J connectivity index is 1.51. The Hall–Kier alpha value is -4.00. The lowest BCUT2D eigenvalue weighted by atomic mass is 10.2. The number of nitrogens with one attached hydrogen (secondary N) is 2. The van der Waals surface area contributed by atoms with Crippen LogP contribution < -0.4 is 15.5 Å². The van der Waals surface area contributed by atoms with Crippen LogP contribution in [-0.2, 0) is 11.4 Å². The number of hydrogen-bond acceptors (Lipinski definition) is 4. The number of hydrazone groups is 1. The monoisotopic (exact) mass is 405 g/mol. The van der Waals surface area contributed by atoms with E-state index in [1.54, 1.807) is 60.7 Å². The van der Waals surface area contributed by atoms with Gasteiger partial charge in [-0.3, -0.25) is 9.59 Å². The molecule has 0 aliphatic heterocycles. The predicted octanol–water partition coefficient (Wildman–Crippen LogP) is 4.13. The summed E-state index contributed by atoms with van der Waals surface area (Å²) in [5, 5.41) is 6.58. The first-order valence-corrected chi connectivity index (χ1v) is 9.18. The van der Waals surface area contributed by atoms with Crippen molar-refractivity contribution in [2.75, 3.05) is 5.32 Å². The normalized spacial score (nSPS) is 10.6. The first-order valence-electron chi connectivity index (χ1n) is 9.18. The van der Waals surface area contributed by atoms with Crippen LogP contribution in [0.25, 0.3) is 0 Å². The summed E-state index contributed by atoms with van der Waals surface area (Å²) in [5.74, 6) is -0.224. The van der Waals surface area contributed by atoms with E-state index in [0.717, 1.165) is 11.1 Å². The van der Waals surface area contributed by atoms with E-state index in [2.05, 4.69) is 15.8 Å². The Bertz CT molecular complexity index is 1050. The lowest BCUT2D eigenvalue weighted by Crippen LogP contribution is -2.18. The van der Waals surface area contributed by atoms with Gasteiger partial charge in [0.25, 0.3) is 5.91 Å². The molecule has 0 saturated carbocycles. The lowest BCUT2D eigenvalue weighted by Gasteiger charge is -2.06. The Morgan fingerprint density at radius 3 is 2.47 bits per heavy atom. The maximum Gasteiger partial charge on any atom is 0.271 e. The molecule has 0 aliphatic rings. The molecule has 0 heterocycles. The highest BCUT2D eigenvalue weighted by atomic mass is 19.1. The van der Waals surface area contributed by atoms with Gasteiger partial charge < -0.3 is 10.1 Å². The van der Waals surface area contributed by atoms with Crippen LogP contribution in [0.15, 0.2) is 77.9 Å². The zero-order chi connectivity index (χ0) is 21.3. The third-order valence-corrected chi connectivity index (χ3v) is 4.02. The molecule has 3 aromatic rings. The summed E-state index contributed by atoms with van der Waals surface area (Å²) in [5.41, 5.74) is 5.01. The van der Waals surface area contributed by atoms with Gasteiger partial charge in [-0.1, -0.05) is 18.2 Å². The summed E-state index contributed by atoms with van der Waals surface area (Å²) < 4.78 is 18.6. The Morgan fingerprint density at radius 2 is 1.77 bits per heavy atom. The predicted molar refractivity (Wildman–Crippen MR) is 113 cm³/mol. The van der Waals surface area contributed by atoms with Gasteiger partial charge in [0.1, 0.15) is 18.2 Å². The summed E-state index contributed by atoms with van der Waals surface area (Å²) in [6, 6.07) is 19.9. The number of anilines is 1. The van der Waals surface area contributed by atoms with Crippen molar-refractivity contribution in [3.8, 4) is 5.75 Å². The average Bonchev–Trinajstić information content (AvgIpc) is 2.74. The van der Waals surface area contributed by atoms with Crippen LogP contribution in [0.3, 0.4) is 0 Å². The molecule has 7 heteroatoms. The molecule has 0 aromatic heterocycles. The Labute approximate surface area is 173 Å². The number of halogens is 1. The van der Waals surface area contributed by atoms with Crippen LogP contribution in [-0.4, -0.2) is 18.0 Å². The molecule has 6 nitrogen and oxygen atoms in total. The highest BCUT2D eigenvalue weighted by Gasteiger charge is 2.05. The summed E-state index contributed by atoms with van der Waals surface area (Å²) in [4.78, 5) is 23.3. The second kappa shape index (κ2) is 9.97. The van der Waals surface area contributed by atoms with E-state index >= 15 is 0 Å². The zero-order valence-corrected chi connectivity index (χ0v) is 16.3. The zero-order valence-electron chi connectivity index (χ0n) is 16.3. The number of amides is 2.